The molecule has 0 aliphatic heterocycles. The average molecular weight is 320 g/mol. The van der Waals surface area contributed by atoms with Gasteiger partial charge in [0.05, 0.1) is 28.9 Å². The Morgan fingerprint density at radius 1 is 1.32 bits per heavy atom. The van der Waals surface area contributed by atoms with E-state index < -0.39 is 0 Å². The third-order valence-corrected chi connectivity index (χ3v) is 4.36. The molecule has 1 aromatic heterocycles. The van der Waals surface area contributed by atoms with Gasteiger partial charge in [-0.05, 0) is 38.0 Å². The molecule has 4 nitrogen and oxygen atoms in total. The summed E-state index contributed by atoms with van der Waals surface area (Å²) >= 11 is 6.14. The van der Waals surface area contributed by atoms with Crippen LogP contribution >= 0.6 is 11.6 Å². The van der Waals surface area contributed by atoms with Crippen LogP contribution in [0.25, 0.3) is 0 Å². The van der Waals surface area contributed by atoms with Crippen molar-refractivity contribution in [3.8, 4) is 0 Å². The fourth-order valence-electron chi connectivity index (χ4n) is 2.28. The summed E-state index contributed by atoms with van der Waals surface area (Å²) < 4.78 is 1.79. The predicted octanol–water partition coefficient (Wildman–Crippen LogP) is 3.99. The van der Waals surface area contributed by atoms with Crippen molar-refractivity contribution in [2.75, 3.05) is 5.32 Å². The van der Waals surface area contributed by atoms with Crippen LogP contribution in [0.4, 0.5) is 5.69 Å². The number of halogens is 1. The van der Waals surface area contributed by atoms with Crippen LogP contribution in [0.15, 0.2) is 24.3 Å². The van der Waals surface area contributed by atoms with E-state index in [2.05, 4.69) is 17.3 Å². The minimum absolute atomic E-state index is 0.0204. The maximum Gasteiger partial charge on any atom is 0.229 e. The number of anilines is 1. The molecule has 0 saturated heterocycles. The van der Waals surface area contributed by atoms with Crippen LogP contribution in [0.1, 0.15) is 30.8 Å². The number of rotatable bonds is 5. The molecule has 1 unspecified atom stereocenters. The number of amides is 1. The van der Waals surface area contributed by atoms with Crippen LogP contribution < -0.4 is 5.32 Å². The van der Waals surface area contributed by atoms with E-state index in [1.165, 1.54) is 5.56 Å². The highest BCUT2D eigenvalue weighted by Crippen LogP contribution is 2.20. The molecule has 22 heavy (non-hydrogen) atoms. The van der Waals surface area contributed by atoms with E-state index in [0.717, 1.165) is 23.5 Å². The molecule has 0 aliphatic rings. The third kappa shape index (κ3) is 3.69. The van der Waals surface area contributed by atoms with Gasteiger partial charge in [0.25, 0.3) is 0 Å². The highest BCUT2D eigenvalue weighted by Gasteiger charge is 2.17. The number of aryl methyl sites for hydroxylation is 2. The van der Waals surface area contributed by atoms with E-state index in [4.69, 9.17) is 11.6 Å². The summed E-state index contributed by atoms with van der Waals surface area (Å²) in [5.74, 6) is -0.215. The van der Waals surface area contributed by atoms with Crippen molar-refractivity contribution in [2.24, 2.45) is 5.92 Å². The van der Waals surface area contributed by atoms with Gasteiger partial charge in [-0.1, -0.05) is 37.6 Å². The Bertz CT molecular complexity index is 661. The first-order valence-electron chi connectivity index (χ1n) is 7.51. The van der Waals surface area contributed by atoms with E-state index in [1.54, 1.807) is 4.68 Å². The molecule has 1 atom stereocenters. The second kappa shape index (κ2) is 6.97. The van der Waals surface area contributed by atoms with Gasteiger partial charge in [-0.3, -0.25) is 9.48 Å². The number of nitrogens with zero attached hydrogens (tertiary/aromatic N) is 2. The molecule has 118 valence electrons. The maximum atomic E-state index is 12.3. The topological polar surface area (TPSA) is 46.9 Å². The van der Waals surface area contributed by atoms with Gasteiger partial charge in [0.1, 0.15) is 0 Å². The first-order valence-corrected chi connectivity index (χ1v) is 7.89. The molecular weight excluding hydrogens is 298 g/mol. The van der Waals surface area contributed by atoms with Crippen molar-refractivity contribution in [3.05, 3.63) is 46.2 Å². The van der Waals surface area contributed by atoms with Gasteiger partial charge >= 0.3 is 0 Å². The summed E-state index contributed by atoms with van der Waals surface area (Å²) in [5, 5.41) is 7.98. The summed E-state index contributed by atoms with van der Waals surface area (Å²) in [6.07, 6.45) is 0.989. The Morgan fingerprint density at radius 2 is 1.95 bits per heavy atom. The highest BCUT2D eigenvalue weighted by molar-refractivity contribution is 6.31. The molecule has 0 radical (unpaired) electrons. The Morgan fingerprint density at radius 3 is 2.45 bits per heavy atom. The molecule has 2 rings (SSSR count). The van der Waals surface area contributed by atoms with Crippen LogP contribution in [0.2, 0.25) is 5.02 Å². The second-order valence-electron chi connectivity index (χ2n) is 5.61. The van der Waals surface area contributed by atoms with Crippen molar-refractivity contribution in [3.63, 3.8) is 0 Å². The molecule has 5 heteroatoms. The lowest BCUT2D eigenvalue weighted by atomic mass is 10.1. The number of aromatic nitrogens is 2. The van der Waals surface area contributed by atoms with Gasteiger partial charge in [0.2, 0.25) is 5.91 Å². The van der Waals surface area contributed by atoms with Gasteiger partial charge in [0.15, 0.2) is 0 Å². The van der Waals surface area contributed by atoms with Crippen molar-refractivity contribution in [1.82, 2.24) is 9.78 Å². The molecule has 1 aromatic carbocycles. The molecule has 0 bridgehead atoms. The quantitative estimate of drug-likeness (QED) is 0.905. The van der Waals surface area contributed by atoms with Crippen LogP contribution in [0.3, 0.4) is 0 Å². The van der Waals surface area contributed by atoms with Crippen molar-refractivity contribution in [2.45, 2.75) is 40.7 Å². The van der Waals surface area contributed by atoms with Crippen molar-refractivity contribution < 1.29 is 4.79 Å². The van der Waals surface area contributed by atoms with Crippen LogP contribution in [-0.4, -0.2) is 15.7 Å². The van der Waals surface area contributed by atoms with E-state index in [9.17, 15) is 4.79 Å². The Hall–Kier alpha value is -1.81. The van der Waals surface area contributed by atoms with Crippen molar-refractivity contribution >= 4 is 23.2 Å². The number of hydrogen-bond acceptors (Lipinski definition) is 2. The SMILES string of the molecule is CCc1ccc(NC(=O)C(C)Cn2nc(C)c(Cl)c2C)cc1. The zero-order chi connectivity index (χ0) is 16.3. The largest absolute Gasteiger partial charge is 0.326 e. The van der Waals surface area contributed by atoms with Gasteiger partial charge < -0.3 is 5.32 Å². The smallest absolute Gasteiger partial charge is 0.229 e. The Kier molecular flexibility index (Phi) is 5.24. The summed E-state index contributed by atoms with van der Waals surface area (Å²) in [7, 11) is 0. The van der Waals surface area contributed by atoms with Gasteiger partial charge in [-0.2, -0.15) is 5.10 Å². The van der Waals surface area contributed by atoms with Crippen molar-refractivity contribution in [1.29, 1.82) is 0 Å². The van der Waals surface area contributed by atoms with Gasteiger partial charge in [-0.25, -0.2) is 0 Å². The average Bonchev–Trinajstić information content (AvgIpc) is 2.75. The Labute approximate surface area is 136 Å². The standard InChI is InChI=1S/C17H22ClN3O/c1-5-14-6-8-15(9-7-14)19-17(22)11(2)10-21-13(4)16(18)12(3)20-21/h6-9,11H,5,10H2,1-4H3,(H,19,22). The third-order valence-electron chi connectivity index (χ3n) is 3.82. The summed E-state index contributed by atoms with van der Waals surface area (Å²) in [5.41, 5.74) is 3.76. The van der Waals surface area contributed by atoms with Crippen LogP contribution in [0.5, 0.6) is 0 Å². The highest BCUT2D eigenvalue weighted by atomic mass is 35.5. The normalized spacial score (nSPS) is 12.2. The van der Waals surface area contributed by atoms with Gasteiger partial charge in [-0.15, -0.1) is 0 Å². The lowest BCUT2D eigenvalue weighted by Crippen LogP contribution is -2.25. The molecule has 0 fully saturated rings. The first-order chi connectivity index (χ1) is 10.4. The molecule has 0 saturated carbocycles. The number of hydrogen-bond donors (Lipinski definition) is 1. The summed E-state index contributed by atoms with van der Waals surface area (Å²) in [6.45, 7) is 8.29. The van der Waals surface area contributed by atoms with E-state index in [1.807, 2.05) is 45.0 Å². The number of carbonyl (C=O) groups is 1. The molecule has 1 heterocycles. The second-order valence-corrected chi connectivity index (χ2v) is 5.99. The summed E-state index contributed by atoms with van der Waals surface area (Å²) in [6, 6.07) is 7.93. The first kappa shape index (κ1) is 16.6. The molecule has 1 amide bonds. The fraction of sp³-hybridized carbons (Fsp3) is 0.412. The fourth-order valence-corrected chi connectivity index (χ4v) is 2.42. The monoisotopic (exact) mass is 319 g/mol. The lowest BCUT2D eigenvalue weighted by molar-refractivity contribution is -0.119. The van der Waals surface area contributed by atoms with Crippen LogP contribution in [-0.2, 0) is 17.8 Å². The molecule has 0 spiro atoms. The minimum Gasteiger partial charge on any atom is -0.326 e. The molecule has 0 aliphatic carbocycles. The number of carbonyl (C=O) groups excluding carboxylic acids is 1. The number of benzene rings is 1. The predicted molar refractivity (Wildman–Crippen MR) is 90.3 cm³/mol. The maximum absolute atomic E-state index is 12.3. The van der Waals surface area contributed by atoms with Gasteiger partial charge in [0, 0.05) is 5.69 Å². The molecule has 2 aromatic rings. The summed E-state index contributed by atoms with van der Waals surface area (Å²) in [4.78, 5) is 12.3. The minimum atomic E-state index is -0.195. The molecule has 1 N–H and O–H groups in total. The zero-order valence-electron chi connectivity index (χ0n) is 13.5. The Balaban J connectivity index is 2.00. The van der Waals surface area contributed by atoms with E-state index >= 15 is 0 Å². The van der Waals surface area contributed by atoms with E-state index in [0.29, 0.717) is 11.6 Å². The lowest BCUT2D eigenvalue weighted by Gasteiger charge is -2.13. The van der Waals surface area contributed by atoms with E-state index in [-0.39, 0.29) is 11.8 Å². The number of nitrogens with one attached hydrogen (secondary N) is 1. The zero-order valence-corrected chi connectivity index (χ0v) is 14.2. The molecular formula is C17H22ClN3O. The van der Waals surface area contributed by atoms with Crippen LogP contribution in [0, 0.1) is 19.8 Å².